The van der Waals surface area contributed by atoms with Crippen molar-refractivity contribution in [1.82, 2.24) is 9.88 Å². The number of thiophene rings is 1. The van der Waals surface area contributed by atoms with E-state index in [1.54, 1.807) is 0 Å². The van der Waals surface area contributed by atoms with Crippen LogP contribution >= 0.6 is 11.3 Å². The Morgan fingerprint density at radius 2 is 2.09 bits per heavy atom. The Hall–Kier alpha value is -2.18. The maximum Gasteiger partial charge on any atom is 0.223 e. The highest BCUT2D eigenvalue weighted by Gasteiger charge is 2.50. The fraction of sp³-hybridized carbons (Fsp3) is 0.500. The van der Waals surface area contributed by atoms with Gasteiger partial charge in [-0.15, -0.1) is 11.3 Å². The van der Waals surface area contributed by atoms with Gasteiger partial charge in [-0.25, -0.2) is 0 Å². The molecule has 1 amide bonds. The summed E-state index contributed by atoms with van der Waals surface area (Å²) in [7, 11) is 0. The normalized spacial score (nSPS) is 30.1. The topological polar surface area (TPSA) is 56.3 Å². The number of aromatic nitrogens is 1. The van der Waals surface area contributed by atoms with E-state index in [0.717, 1.165) is 76.9 Å². The van der Waals surface area contributed by atoms with E-state index in [2.05, 4.69) is 16.8 Å². The summed E-state index contributed by atoms with van der Waals surface area (Å²) in [5.74, 6) is 1.24. The number of fused-ring (bicyclic) bond motifs is 2. The van der Waals surface area contributed by atoms with Crippen LogP contribution in [0.2, 0.25) is 0 Å². The molecule has 4 bridgehead atoms. The van der Waals surface area contributed by atoms with E-state index in [-0.39, 0.29) is 23.0 Å². The van der Waals surface area contributed by atoms with Gasteiger partial charge in [0, 0.05) is 46.5 Å². The van der Waals surface area contributed by atoms with Gasteiger partial charge >= 0.3 is 0 Å². The van der Waals surface area contributed by atoms with Crippen LogP contribution in [0.4, 0.5) is 4.39 Å². The Balaban J connectivity index is 1.28. The SMILES string of the molecule is CC(CC(=O)N1CC2CC3CC1CC(O)(C3)C2)c1c[nH]c2cccc(-c3ccc(F)s3)c12. The lowest BCUT2D eigenvalue weighted by Gasteiger charge is -2.45. The molecule has 4 fully saturated rings. The van der Waals surface area contributed by atoms with Gasteiger partial charge in [0.2, 0.25) is 5.91 Å². The minimum Gasteiger partial charge on any atom is -0.390 e. The first-order chi connectivity index (χ1) is 15.4. The third-order valence-electron chi connectivity index (χ3n) is 8.03. The second kappa shape index (κ2) is 7.42. The molecule has 5 atom stereocenters. The van der Waals surface area contributed by atoms with Crippen molar-refractivity contribution < 1.29 is 14.3 Å². The second-order valence-electron chi connectivity index (χ2n) is 10.4. The highest BCUT2D eigenvalue weighted by atomic mass is 32.1. The van der Waals surface area contributed by atoms with Crippen molar-refractivity contribution in [1.29, 1.82) is 0 Å². The van der Waals surface area contributed by atoms with Crippen molar-refractivity contribution in [3.63, 3.8) is 0 Å². The molecule has 0 spiro atoms. The number of nitrogens with zero attached hydrogens (tertiary/aromatic N) is 1. The Morgan fingerprint density at radius 3 is 2.88 bits per heavy atom. The number of rotatable bonds is 4. The predicted octanol–water partition coefficient (Wildman–Crippen LogP) is 5.68. The minimum atomic E-state index is -0.557. The van der Waals surface area contributed by atoms with Crippen LogP contribution in [0.25, 0.3) is 21.3 Å². The number of H-pyrrole nitrogens is 1. The molecule has 4 nitrogen and oxygen atoms in total. The molecule has 2 saturated heterocycles. The number of carbonyl (C=O) groups is 1. The van der Waals surface area contributed by atoms with E-state index >= 15 is 0 Å². The van der Waals surface area contributed by atoms with E-state index in [4.69, 9.17) is 0 Å². The summed E-state index contributed by atoms with van der Waals surface area (Å²) in [5, 5.41) is 11.9. The van der Waals surface area contributed by atoms with Crippen molar-refractivity contribution in [3.05, 3.63) is 47.2 Å². The number of benzene rings is 1. The molecule has 32 heavy (non-hydrogen) atoms. The van der Waals surface area contributed by atoms with Crippen LogP contribution in [0, 0.1) is 17.0 Å². The van der Waals surface area contributed by atoms with Gasteiger partial charge in [-0.2, -0.15) is 4.39 Å². The van der Waals surface area contributed by atoms with E-state index in [1.807, 2.05) is 30.5 Å². The zero-order valence-corrected chi connectivity index (χ0v) is 19.1. The fourth-order valence-electron chi connectivity index (χ4n) is 6.91. The average Bonchev–Trinajstić information content (AvgIpc) is 3.31. The number of amides is 1. The number of hydrogen-bond acceptors (Lipinski definition) is 3. The summed E-state index contributed by atoms with van der Waals surface area (Å²) in [6.45, 7) is 2.91. The lowest BCUT2D eigenvalue weighted by Crippen LogP contribution is -2.48. The number of nitrogens with one attached hydrogen (secondary N) is 1. The minimum absolute atomic E-state index is 0.0444. The van der Waals surface area contributed by atoms with Crippen molar-refractivity contribution in [2.75, 3.05) is 6.54 Å². The summed E-state index contributed by atoms with van der Waals surface area (Å²) in [4.78, 5) is 19.9. The molecule has 5 unspecified atom stereocenters. The number of aliphatic hydroxyl groups is 1. The molecule has 2 saturated carbocycles. The molecule has 2 aromatic heterocycles. The van der Waals surface area contributed by atoms with Gasteiger partial charge in [-0.05, 0) is 73.6 Å². The maximum atomic E-state index is 13.7. The number of hydrogen-bond donors (Lipinski definition) is 2. The standard InChI is InChI=1S/C26H29FN2O2S/c1-15(7-24(30)29-14-17-8-16-9-18(29)12-26(31,10-16)11-17)20-13-28-21-4-2-3-19(25(20)21)22-5-6-23(27)32-22/h2-6,13,15-18,28,31H,7-12,14H2,1H3. The molecular formula is C26H29FN2O2S. The predicted molar refractivity (Wildman–Crippen MR) is 125 cm³/mol. The number of aromatic amines is 1. The maximum absolute atomic E-state index is 13.7. The van der Waals surface area contributed by atoms with E-state index < -0.39 is 5.60 Å². The lowest BCUT2D eigenvalue weighted by molar-refractivity contribution is -0.135. The van der Waals surface area contributed by atoms with Gasteiger partial charge in [0.15, 0.2) is 5.13 Å². The molecule has 0 radical (unpaired) electrons. The monoisotopic (exact) mass is 452 g/mol. The first-order valence-electron chi connectivity index (χ1n) is 11.8. The van der Waals surface area contributed by atoms with Crippen LogP contribution < -0.4 is 0 Å². The van der Waals surface area contributed by atoms with Crippen molar-refractivity contribution in [2.45, 2.75) is 63.0 Å². The summed E-state index contributed by atoms with van der Waals surface area (Å²) < 4.78 is 13.7. The van der Waals surface area contributed by atoms with Gasteiger partial charge in [0.05, 0.1) is 5.60 Å². The smallest absolute Gasteiger partial charge is 0.223 e. The molecule has 3 aromatic rings. The molecule has 2 aliphatic heterocycles. The van der Waals surface area contributed by atoms with E-state index in [0.29, 0.717) is 18.3 Å². The van der Waals surface area contributed by atoms with Crippen LogP contribution in [-0.2, 0) is 4.79 Å². The van der Waals surface area contributed by atoms with E-state index in [1.165, 1.54) is 6.07 Å². The molecule has 168 valence electrons. The second-order valence-corrected chi connectivity index (χ2v) is 11.5. The van der Waals surface area contributed by atoms with Crippen molar-refractivity contribution >= 4 is 28.1 Å². The molecule has 1 aromatic carbocycles. The van der Waals surface area contributed by atoms with Gasteiger partial charge in [0.25, 0.3) is 0 Å². The first-order valence-corrected chi connectivity index (χ1v) is 12.6. The molecule has 2 N–H and O–H groups in total. The van der Waals surface area contributed by atoms with Crippen LogP contribution in [0.15, 0.2) is 36.5 Å². The van der Waals surface area contributed by atoms with Crippen molar-refractivity contribution in [3.8, 4) is 10.4 Å². The molecular weight excluding hydrogens is 423 g/mol. The van der Waals surface area contributed by atoms with Crippen LogP contribution in [0.1, 0.15) is 56.9 Å². The number of carbonyl (C=O) groups excluding carboxylic acids is 1. The molecule has 7 rings (SSSR count). The van der Waals surface area contributed by atoms with Crippen LogP contribution in [0.5, 0.6) is 0 Å². The summed E-state index contributed by atoms with van der Waals surface area (Å²) >= 11 is 1.15. The fourth-order valence-corrected chi connectivity index (χ4v) is 7.67. The third kappa shape index (κ3) is 3.39. The van der Waals surface area contributed by atoms with Crippen LogP contribution in [0.3, 0.4) is 0 Å². The van der Waals surface area contributed by atoms with E-state index in [9.17, 15) is 14.3 Å². The Bertz CT molecular complexity index is 1190. The third-order valence-corrected chi connectivity index (χ3v) is 8.93. The average molecular weight is 453 g/mol. The highest BCUT2D eigenvalue weighted by Crippen LogP contribution is 2.50. The van der Waals surface area contributed by atoms with Gasteiger partial charge in [-0.3, -0.25) is 4.79 Å². The molecule has 4 heterocycles. The Labute approximate surface area is 191 Å². The van der Waals surface area contributed by atoms with Gasteiger partial charge in [-0.1, -0.05) is 19.1 Å². The largest absolute Gasteiger partial charge is 0.390 e. The number of halogens is 1. The zero-order valence-electron chi connectivity index (χ0n) is 18.3. The Morgan fingerprint density at radius 1 is 1.25 bits per heavy atom. The highest BCUT2D eigenvalue weighted by molar-refractivity contribution is 7.14. The summed E-state index contributed by atoms with van der Waals surface area (Å²) in [6, 6.07) is 9.57. The quantitative estimate of drug-likeness (QED) is 0.535. The van der Waals surface area contributed by atoms with Crippen LogP contribution in [-0.4, -0.2) is 39.1 Å². The summed E-state index contributed by atoms with van der Waals surface area (Å²) in [6.07, 6.45) is 7.16. The van der Waals surface area contributed by atoms with Gasteiger partial charge in [0.1, 0.15) is 0 Å². The summed E-state index contributed by atoms with van der Waals surface area (Å²) in [5.41, 5.74) is 2.58. The molecule has 4 aliphatic rings. The Kier molecular flexibility index (Phi) is 4.74. The molecule has 6 heteroatoms. The van der Waals surface area contributed by atoms with Gasteiger partial charge < -0.3 is 15.0 Å². The zero-order chi connectivity index (χ0) is 22.0. The van der Waals surface area contributed by atoms with Crippen molar-refractivity contribution in [2.24, 2.45) is 11.8 Å². The first kappa shape index (κ1) is 20.4. The lowest BCUT2D eigenvalue weighted by atomic mass is 9.65. The molecule has 2 aliphatic carbocycles.